The van der Waals surface area contributed by atoms with E-state index in [4.69, 9.17) is 16.3 Å². The molecule has 6 heteroatoms. The summed E-state index contributed by atoms with van der Waals surface area (Å²) in [6.07, 6.45) is 0. The molecule has 0 bridgehead atoms. The van der Waals surface area contributed by atoms with Gasteiger partial charge in [0, 0.05) is 24.3 Å². The van der Waals surface area contributed by atoms with Crippen LogP contribution in [0.4, 0.5) is 11.5 Å². The fourth-order valence-electron chi connectivity index (χ4n) is 2.05. The molecule has 0 radical (unpaired) electrons. The number of fused-ring (bicyclic) bond motifs is 1. The highest BCUT2D eigenvalue weighted by Gasteiger charge is 2.18. The molecule has 98 valence electrons. The van der Waals surface area contributed by atoms with Crippen molar-refractivity contribution in [3.8, 4) is 5.75 Å². The van der Waals surface area contributed by atoms with Gasteiger partial charge in [0.2, 0.25) is 5.28 Å². The van der Waals surface area contributed by atoms with E-state index >= 15 is 0 Å². The zero-order chi connectivity index (χ0) is 13.2. The molecule has 0 spiro atoms. The van der Waals surface area contributed by atoms with Crippen LogP contribution in [-0.2, 0) is 13.1 Å². The molecule has 0 amide bonds. The first-order chi connectivity index (χ1) is 9.26. The molecule has 2 heterocycles. The summed E-state index contributed by atoms with van der Waals surface area (Å²) < 4.78 is 5.13. The molecule has 1 aliphatic rings. The van der Waals surface area contributed by atoms with Crippen molar-refractivity contribution in [3.05, 3.63) is 40.8 Å². The van der Waals surface area contributed by atoms with Crippen molar-refractivity contribution in [2.45, 2.75) is 13.1 Å². The summed E-state index contributed by atoms with van der Waals surface area (Å²) in [6, 6.07) is 7.65. The van der Waals surface area contributed by atoms with E-state index in [1.165, 1.54) is 0 Å². The maximum absolute atomic E-state index is 5.93. The van der Waals surface area contributed by atoms with E-state index in [2.05, 4.69) is 20.6 Å². The Balaban J connectivity index is 1.90. The molecule has 2 N–H and O–H groups in total. The molecule has 0 unspecified atom stereocenters. The van der Waals surface area contributed by atoms with Crippen LogP contribution in [0.15, 0.2) is 24.3 Å². The van der Waals surface area contributed by atoms with Crippen LogP contribution in [0.2, 0.25) is 5.28 Å². The highest BCUT2D eigenvalue weighted by molar-refractivity contribution is 6.28. The van der Waals surface area contributed by atoms with E-state index in [0.29, 0.717) is 0 Å². The van der Waals surface area contributed by atoms with Gasteiger partial charge in [-0.05, 0) is 35.9 Å². The number of halogens is 1. The lowest BCUT2D eigenvalue weighted by Crippen LogP contribution is -2.02. The molecule has 1 aliphatic heterocycles. The van der Waals surface area contributed by atoms with Gasteiger partial charge >= 0.3 is 0 Å². The standard InChI is InChI=1S/C13H13ClN4O/c1-19-9-4-2-8(3-5-9)16-12-10-6-15-7-11(10)17-13(14)18-12/h2-5,15H,6-7H2,1H3,(H,16,17,18). The van der Waals surface area contributed by atoms with Gasteiger partial charge in [-0.1, -0.05) is 0 Å². The van der Waals surface area contributed by atoms with Crippen LogP contribution < -0.4 is 15.4 Å². The number of ether oxygens (including phenoxy) is 1. The van der Waals surface area contributed by atoms with Crippen LogP contribution >= 0.6 is 11.6 Å². The van der Waals surface area contributed by atoms with E-state index < -0.39 is 0 Å². The number of nitrogens with zero attached hydrogens (tertiary/aromatic N) is 2. The van der Waals surface area contributed by atoms with Gasteiger partial charge in [0.15, 0.2) is 0 Å². The predicted octanol–water partition coefficient (Wildman–Crippen LogP) is 2.49. The van der Waals surface area contributed by atoms with Crippen molar-refractivity contribution in [1.82, 2.24) is 15.3 Å². The Labute approximate surface area is 116 Å². The maximum atomic E-state index is 5.93. The number of benzene rings is 1. The van der Waals surface area contributed by atoms with Crippen LogP contribution in [0, 0.1) is 0 Å². The van der Waals surface area contributed by atoms with Crippen molar-refractivity contribution in [2.24, 2.45) is 0 Å². The van der Waals surface area contributed by atoms with E-state index in [-0.39, 0.29) is 5.28 Å². The number of anilines is 2. The summed E-state index contributed by atoms with van der Waals surface area (Å²) >= 11 is 5.93. The Morgan fingerprint density at radius 1 is 1.21 bits per heavy atom. The molecule has 2 aromatic rings. The summed E-state index contributed by atoms with van der Waals surface area (Å²) in [5.41, 5.74) is 2.96. The van der Waals surface area contributed by atoms with Crippen LogP contribution in [0.5, 0.6) is 5.75 Å². The average Bonchev–Trinajstić information content (AvgIpc) is 2.88. The Kier molecular flexibility index (Phi) is 3.23. The van der Waals surface area contributed by atoms with Gasteiger partial charge in [0.05, 0.1) is 12.8 Å². The average molecular weight is 277 g/mol. The number of hydrogen-bond acceptors (Lipinski definition) is 5. The first-order valence-corrected chi connectivity index (χ1v) is 6.31. The summed E-state index contributed by atoms with van der Waals surface area (Å²) in [6.45, 7) is 1.49. The predicted molar refractivity (Wildman–Crippen MR) is 73.9 cm³/mol. The quantitative estimate of drug-likeness (QED) is 0.844. The summed E-state index contributed by atoms with van der Waals surface area (Å²) in [4.78, 5) is 8.47. The summed E-state index contributed by atoms with van der Waals surface area (Å²) in [7, 11) is 1.64. The Morgan fingerprint density at radius 3 is 2.74 bits per heavy atom. The first kappa shape index (κ1) is 12.2. The Hall–Kier alpha value is -1.85. The van der Waals surface area contributed by atoms with Gasteiger partial charge in [0.1, 0.15) is 11.6 Å². The summed E-state index contributed by atoms with van der Waals surface area (Å²) in [5, 5.41) is 6.77. The second-order valence-corrected chi connectivity index (χ2v) is 4.56. The zero-order valence-electron chi connectivity index (χ0n) is 10.4. The fourth-order valence-corrected chi connectivity index (χ4v) is 2.24. The van der Waals surface area contributed by atoms with Crippen molar-refractivity contribution in [1.29, 1.82) is 0 Å². The van der Waals surface area contributed by atoms with Gasteiger partial charge in [0.25, 0.3) is 0 Å². The second-order valence-electron chi connectivity index (χ2n) is 4.22. The monoisotopic (exact) mass is 276 g/mol. The molecular formula is C13H13ClN4O. The third-order valence-corrected chi connectivity index (χ3v) is 3.18. The third-order valence-electron chi connectivity index (χ3n) is 3.01. The van der Waals surface area contributed by atoms with Gasteiger partial charge in [-0.3, -0.25) is 0 Å². The number of nitrogens with one attached hydrogen (secondary N) is 2. The Bertz CT molecular complexity index is 600. The minimum absolute atomic E-state index is 0.262. The van der Waals surface area contributed by atoms with Crippen molar-refractivity contribution < 1.29 is 4.74 Å². The SMILES string of the molecule is COc1ccc(Nc2nc(Cl)nc3c2CNC3)cc1. The largest absolute Gasteiger partial charge is 0.497 e. The van der Waals surface area contributed by atoms with Crippen molar-refractivity contribution >= 4 is 23.1 Å². The van der Waals surface area contributed by atoms with E-state index in [1.54, 1.807) is 7.11 Å². The maximum Gasteiger partial charge on any atom is 0.224 e. The molecule has 1 aromatic heterocycles. The fraction of sp³-hybridized carbons (Fsp3) is 0.231. The highest BCUT2D eigenvalue weighted by atomic mass is 35.5. The Morgan fingerprint density at radius 2 is 2.00 bits per heavy atom. The minimum Gasteiger partial charge on any atom is -0.497 e. The molecule has 1 aromatic carbocycles. The molecular weight excluding hydrogens is 264 g/mol. The number of methoxy groups -OCH3 is 1. The molecule has 0 fully saturated rings. The normalized spacial score (nSPS) is 13.2. The number of rotatable bonds is 3. The van der Waals surface area contributed by atoms with Crippen LogP contribution in [0.3, 0.4) is 0 Å². The molecule has 0 aliphatic carbocycles. The second kappa shape index (κ2) is 5.03. The molecule has 0 saturated carbocycles. The van der Waals surface area contributed by atoms with E-state index in [9.17, 15) is 0 Å². The van der Waals surface area contributed by atoms with Crippen LogP contribution in [-0.4, -0.2) is 17.1 Å². The minimum atomic E-state index is 0.262. The molecule has 0 saturated heterocycles. The van der Waals surface area contributed by atoms with Crippen LogP contribution in [0.25, 0.3) is 0 Å². The number of aromatic nitrogens is 2. The smallest absolute Gasteiger partial charge is 0.224 e. The summed E-state index contributed by atoms with van der Waals surface area (Å²) in [5.74, 6) is 1.57. The lowest BCUT2D eigenvalue weighted by Gasteiger charge is -2.10. The van der Waals surface area contributed by atoms with Gasteiger partial charge in [-0.25, -0.2) is 9.97 Å². The lowest BCUT2D eigenvalue weighted by molar-refractivity contribution is 0.415. The highest BCUT2D eigenvalue weighted by Crippen LogP contribution is 2.26. The first-order valence-electron chi connectivity index (χ1n) is 5.93. The molecule has 19 heavy (non-hydrogen) atoms. The van der Waals surface area contributed by atoms with E-state index in [0.717, 1.165) is 41.6 Å². The van der Waals surface area contributed by atoms with Gasteiger partial charge in [-0.15, -0.1) is 0 Å². The van der Waals surface area contributed by atoms with Crippen LogP contribution in [0.1, 0.15) is 11.3 Å². The van der Waals surface area contributed by atoms with E-state index in [1.807, 2.05) is 24.3 Å². The zero-order valence-corrected chi connectivity index (χ0v) is 11.2. The topological polar surface area (TPSA) is 59.1 Å². The molecule has 5 nitrogen and oxygen atoms in total. The van der Waals surface area contributed by atoms with Crippen molar-refractivity contribution in [3.63, 3.8) is 0 Å². The van der Waals surface area contributed by atoms with Crippen molar-refractivity contribution in [2.75, 3.05) is 12.4 Å². The lowest BCUT2D eigenvalue weighted by atomic mass is 10.2. The number of hydrogen-bond donors (Lipinski definition) is 2. The van der Waals surface area contributed by atoms with Gasteiger partial charge < -0.3 is 15.4 Å². The molecule has 0 atom stereocenters. The van der Waals surface area contributed by atoms with Gasteiger partial charge in [-0.2, -0.15) is 0 Å². The molecule has 3 rings (SSSR count). The third kappa shape index (κ3) is 2.47.